The Hall–Kier alpha value is -2.66. The summed E-state index contributed by atoms with van der Waals surface area (Å²) < 4.78 is 0. The van der Waals surface area contributed by atoms with Crippen LogP contribution in [-0.4, -0.2) is 18.4 Å². The van der Waals surface area contributed by atoms with Gasteiger partial charge in [0.15, 0.2) is 0 Å². The van der Waals surface area contributed by atoms with Crippen LogP contribution < -0.4 is 11.2 Å². The van der Waals surface area contributed by atoms with Gasteiger partial charge in [-0.1, -0.05) is 54.6 Å². The van der Waals surface area contributed by atoms with Crippen LogP contribution in [0.4, 0.5) is 0 Å². The maximum absolute atomic E-state index is 11.9. The Morgan fingerprint density at radius 1 is 0.893 bits per heavy atom. The highest BCUT2D eigenvalue weighted by Gasteiger charge is 2.51. The van der Waals surface area contributed by atoms with E-state index in [2.05, 4.69) is 41.9 Å². The van der Waals surface area contributed by atoms with Crippen molar-refractivity contribution >= 4 is 11.9 Å². The Bertz CT molecular complexity index is 783. The number of unbranched alkanes of at least 4 members (excludes halogenated alkanes) is 1. The summed E-state index contributed by atoms with van der Waals surface area (Å²) in [5.41, 5.74) is 12.4. The molecule has 2 N–H and O–H groups in total. The van der Waals surface area contributed by atoms with Gasteiger partial charge in [0.25, 0.3) is 5.91 Å². The van der Waals surface area contributed by atoms with Crippen molar-refractivity contribution in [2.24, 2.45) is 5.41 Å². The van der Waals surface area contributed by atoms with Crippen molar-refractivity contribution in [1.82, 2.24) is 11.2 Å². The zero-order valence-corrected chi connectivity index (χ0v) is 16.1. The monoisotopic (exact) mass is 379 g/mol. The van der Waals surface area contributed by atoms with Crippen molar-refractivity contribution in [1.29, 1.82) is 0 Å². The molecule has 0 bridgehead atoms. The van der Waals surface area contributed by atoms with E-state index in [-0.39, 0.29) is 18.9 Å². The van der Waals surface area contributed by atoms with E-state index in [1.165, 1.54) is 11.1 Å². The maximum Gasteiger partial charge on any atom is 0.339 e. The molecule has 1 saturated carbocycles. The average molecular weight is 379 g/mol. The smallest absolute Gasteiger partial charge is 0.339 e. The number of nitrogens with one attached hydrogen (secondary N) is 2. The quantitative estimate of drug-likeness (QED) is 0.535. The summed E-state index contributed by atoms with van der Waals surface area (Å²) in [4.78, 5) is 28.6. The van der Waals surface area contributed by atoms with Crippen LogP contribution >= 0.6 is 0 Å². The summed E-state index contributed by atoms with van der Waals surface area (Å²) in [7, 11) is 0. The van der Waals surface area contributed by atoms with Crippen LogP contribution in [0.1, 0.15) is 42.4 Å². The van der Waals surface area contributed by atoms with Gasteiger partial charge in [-0.25, -0.2) is 4.79 Å². The Labute approximate surface area is 166 Å². The van der Waals surface area contributed by atoms with E-state index in [0.717, 1.165) is 31.2 Å². The van der Waals surface area contributed by atoms with Crippen molar-refractivity contribution in [3.8, 4) is 0 Å². The minimum atomic E-state index is -0.685. The summed E-state index contributed by atoms with van der Waals surface area (Å²) in [5, 5.41) is 0. The van der Waals surface area contributed by atoms with Gasteiger partial charge in [-0.3, -0.25) is 10.5 Å². The van der Waals surface area contributed by atoms with Gasteiger partial charge in [0.05, 0.1) is 11.8 Å². The number of hydroxylamine groups is 1. The van der Waals surface area contributed by atoms with E-state index >= 15 is 0 Å². The third-order valence-electron chi connectivity index (χ3n) is 5.29. The molecular weight excluding hydrogens is 352 g/mol. The summed E-state index contributed by atoms with van der Waals surface area (Å²) in [6.07, 6.45) is 5.89. The van der Waals surface area contributed by atoms with Gasteiger partial charge >= 0.3 is 5.97 Å². The van der Waals surface area contributed by atoms with Crippen LogP contribution in [0.5, 0.6) is 0 Å². The molecule has 3 rings (SSSR count). The van der Waals surface area contributed by atoms with Crippen molar-refractivity contribution < 1.29 is 14.4 Å². The lowest BCUT2D eigenvalue weighted by molar-refractivity contribution is -0.163. The fourth-order valence-corrected chi connectivity index (χ4v) is 3.16. The number of benzene rings is 2. The third kappa shape index (κ3) is 5.67. The first-order valence-electron chi connectivity index (χ1n) is 9.88. The summed E-state index contributed by atoms with van der Waals surface area (Å²) in [5.74, 6) is -0.855. The molecule has 0 aliphatic heterocycles. The van der Waals surface area contributed by atoms with Gasteiger partial charge in [-0.05, 0) is 55.2 Å². The zero-order valence-electron chi connectivity index (χ0n) is 16.1. The Balaban J connectivity index is 1.35. The van der Waals surface area contributed by atoms with Crippen molar-refractivity contribution in [3.63, 3.8) is 0 Å². The second kappa shape index (κ2) is 9.51. The molecule has 1 fully saturated rings. The molecule has 1 aliphatic rings. The molecule has 0 saturated heterocycles. The van der Waals surface area contributed by atoms with Crippen molar-refractivity contribution in [2.45, 2.75) is 44.9 Å². The number of rotatable bonds is 9. The molecule has 28 heavy (non-hydrogen) atoms. The van der Waals surface area contributed by atoms with Crippen LogP contribution in [0.15, 0.2) is 54.6 Å². The van der Waals surface area contributed by atoms with Crippen LogP contribution in [-0.2, 0) is 33.7 Å². The lowest BCUT2D eigenvalue weighted by atomic mass is 10.0. The van der Waals surface area contributed by atoms with E-state index in [0.29, 0.717) is 12.8 Å². The lowest BCUT2D eigenvalue weighted by Gasteiger charge is -2.11. The predicted octanol–water partition coefficient (Wildman–Crippen LogP) is 3.43. The first-order valence-corrected chi connectivity index (χ1v) is 9.88. The van der Waals surface area contributed by atoms with Crippen molar-refractivity contribution in [2.75, 3.05) is 6.54 Å². The summed E-state index contributed by atoms with van der Waals surface area (Å²) in [6.45, 7) is 0.00845. The predicted molar refractivity (Wildman–Crippen MR) is 107 cm³/mol. The third-order valence-corrected chi connectivity index (χ3v) is 5.29. The van der Waals surface area contributed by atoms with E-state index < -0.39 is 11.4 Å². The standard InChI is InChI=1S/C23H27N2O3/c24-17-23(14-15-23)22(27)28-25-21(26)16-20-12-10-19(11-13-20)9-5-4-8-18-6-2-1-3-7-18/h1-3,6-7,10-13,24H,4-5,8-9,14-17H2,(H,25,26). The van der Waals surface area contributed by atoms with Gasteiger partial charge in [-0.15, -0.1) is 0 Å². The molecule has 5 heteroatoms. The number of carbonyl (C=O) groups is 2. The van der Waals surface area contributed by atoms with Gasteiger partial charge in [-0.2, -0.15) is 5.48 Å². The first-order chi connectivity index (χ1) is 13.6. The van der Waals surface area contributed by atoms with Gasteiger partial charge in [0.1, 0.15) is 0 Å². The van der Waals surface area contributed by atoms with Gasteiger partial charge in [0.2, 0.25) is 0 Å². The molecule has 0 spiro atoms. The zero-order chi connectivity index (χ0) is 19.8. The van der Waals surface area contributed by atoms with E-state index in [9.17, 15) is 9.59 Å². The first kappa shape index (κ1) is 20.1. The normalized spacial score (nSPS) is 14.3. The second-order valence-electron chi connectivity index (χ2n) is 7.56. The summed E-state index contributed by atoms with van der Waals surface area (Å²) in [6, 6.07) is 18.5. The van der Waals surface area contributed by atoms with Gasteiger partial charge in [0, 0.05) is 6.54 Å². The molecule has 1 amide bonds. The molecule has 0 aromatic heterocycles. The van der Waals surface area contributed by atoms with E-state index in [1.807, 2.05) is 18.2 Å². The number of hydrogen-bond acceptors (Lipinski definition) is 3. The molecule has 1 aliphatic carbocycles. The minimum Gasteiger partial charge on any atom is -0.340 e. The minimum absolute atomic E-state index is 0.00845. The summed E-state index contributed by atoms with van der Waals surface area (Å²) >= 11 is 0. The average Bonchev–Trinajstić information content (AvgIpc) is 3.53. The topological polar surface area (TPSA) is 79.2 Å². The largest absolute Gasteiger partial charge is 0.340 e. The van der Waals surface area contributed by atoms with E-state index in [1.54, 1.807) is 0 Å². The van der Waals surface area contributed by atoms with Crippen LogP contribution in [0.3, 0.4) is 0 Å². The molecule has 0 heterocycles. The molecular formula is C23H27N2O3. The number of hydrogen-bond donors (Lipinski definition) is 1. The molecule has 0 unspecified atom stereocenters. The fraction of sp³-hybridized carbons (Fsp3) is 0.391. The van der Waals surface area contributed by atoms with E-state index in [4.69, 9.17) is 10.6 Å². The Morgan fingerprint density at radius 3 is 2.04 bits per heavy atom. The van der Waals surface area contributed by atoms with Crippen LogP contribution in [0.2, 0.25) is 0 Å². The van der Waals surface area contributed by atoms with Crippen LogP contribution in [0.25, 0.3) is 0 Å². The SMILES string of the molecule is [NH]CC1(C(=O)ONC(=O)Cc2ccc(CCCCc3ccccc3)cc2)CC1. The molecule has 147 valence electrons. The van der Waals surface area contributed by atoms with Crippen molar-refractivity contribution in [3.05, 3.63) is 71.3 Å². The lowest BCUT2D eigenvalue weighted by Crippen LogP contribution is -2.33. The van der Waals surface area contributed by atoms with Gasteiger partial charge < -0.3 is 4.84 Å². The molecule has 1 radical (unpaired) electrons. The number of amides is 1. The highest BCUT2D eigenvalue weighted by Crippen LogP contribution is 2.45. The van der Waals surface area contributed by atoms with Crippen LogP contribution in [0, 0.1) is 5.41 Å². The highest BCUT2D eigenvalue weighted by atomic mass is 16.7. The molecule has 2 aromatic rings. The second-order valence-corrected chi connectivity index (χ2v) is 7.56. The maximum atomic E-state index is 11.9. The highest BCUT2D eigenvalue weighted by molar-refractivity contribution is 5.83. The molecule has 0 atom stereocenters. The molecule has 2 aromatic carbocycles. The molecule has 5 nitrogen and oxygen atoms in total. The Kier molecular flexibility index (Phi) is 6.82. The number of carbonyl (C=O) groups excluding carboxylic acids is 2. The fourth-order valence-electron chi connectivity index (χ4n) is 3.16. The Morgan fingerprint density at radius 2 is 1.46 bits per heavy atom. The number of aryl methyl sites for hydroxylation is 2.